The van der Waals surface area contributed by atoms with Crippen LogP contribution in [0.4, 0.5) is 0 Å². The zero-order chi connectivity index (χ0) is 17.4. The van der Waals surface area contributed by atoms with Gasteiger partial charge in [-0.1, -0.05) is 68.9 Å². The summed E-state index contributed by atoms with van der Waals surface area (Å²) in [7, 11) is -1.38. The van der Waals surface area contributed by atoms with Crippen molar-refractivity contribution < 1.29 is 0 Å². The van der Waals surface area contributed by atoms with Crippen molar-refractivity contribution in [3.63, 3.8) is 0 Å². The summed E-state index contributed by atoms with van der Waals surface area (Å²) in [5.74, 6) is 0.740. The first-order valence-electron chi connectivity index (χ1n) is 9.52. The molecule has 128 valence electrons. The Morgan fingerprint density at radius 3 is 2.32 bits per heavy atom. The second-order valence-corrected chi connectivity index (χ2v) is 13.5. The molecule has 0 radical (unpaired) electrons. The van der Waals surface area contributed by atoms with Gasteiger partial charge in [0.05, 0.1) is 13.8 Å². The molecule has 1 saturated carbocycles. The first kappa shape index (κ1) is 16.5. The van der Waals surface area contributed by atoms with Crippen LogP contribution in [-0.4, -0.2) is 13.1 Å². The number of hydrogen-bond acceptors (Lipinski definition) is 1. The van der Waals surface area contributed by atoms with E-state index in [2.05, 4.69) is 74.4 Å². The van der Waals surface area contributed by atoms with Gasteiger partial charge in [-0.3, -0.25) is 4.98 Å². The lowest BCUT2D eigenvalue weighted by Crippen LogP contribution is -2.41. The molecule has 2 heteroatoms. The zero-order valence-corrected chi connectivity index (χ0v) is 16.5. The fourth-order valence-electron chi connectivity index (χ4n) is 4.18. The van der Waals surface area contributed by atoms with Gasteiger partial charge < -0.3 is 0 Å². The maximum Gasteiger partial charge on any atom is 0.0799 e. The van der Waals surface area contributed by atoms with Crippen molar-refractivity contribution in [2.24, 2.45) is 0 Å². The average Bonchev–Trinajstić information content (AvgIpc) is 3.14. The largest absolute Gasteiger partial charge is 0.256 e. The van der Waals surface area contributed by atoms with Gasteiger partial charge in [0.1, 0.15) is 0 Å². The molecule has 1 aliphatic rings. The van der Waals surface area contributed by atoms with E-state index in [0.29, 0.717) is 0 Å². The van der Waals surface area contributed by atoms with E-state index in [-0.39, 0.29) is 0 Å². The minimum Gasteiger partial charge on any atom is -0.256 e. The Balaban J connectivity index is 1.82. The van der Waals surface area contributed by atoms with Crippen molar-refractivity contribution >= 4 is 24.0 Å². The summed E-state index contributed by atoms with van der Waals surface area (Å²) in [6.45, 7) is 7.33. The van der Waals surface area contributed by atoms with E-state index in [1.807, 2.05) is 0 Å². The number of rotatable bonds is 3. The number of aromatic nitrogens is 1. The van der Waals surface area contributed by atoms with Gasteiger partial charge in [-0.25, -0.2) is 0 Å². The van der Waals surface area contributed by atoms with Crippen molar-refractivity contribution in [2.45, 2.75) is 51.2 Å². The van der Waals surface area contributed by atoms with Crippen molar-refractivity contribution in [1.29, 1.82) is 0 Å². The third-order valence-electron chi connectivity index (χ3n) is 5.58. The highest BCUT2D eigenvalue weighted by atomic mass is 28.3. The molecule has 0 atom stereocenters. The molecule has 0 N–H and O–H groups in total. The van der Waals surface area contributed by atoms with Crippen LogP contribution in [0, 0.1) is 0 Å². The van der Waals surface area contributed by atoms with Crippen molar-refractivity contribution in [3.8, 4) is 11.3 Å². The maximum absolute atomic E-state index is 4.89. The van der Waals surface area contributed by atoms with Gasteiger partial charge in [0.25, 0.3) is 0 Å². The average molecular weight is 346 g/mol. The number of pyridine rings is 1. The summed E-state index contributed by atoms with van der Waals surface area (Å²) < 4.78 is 0. The normalized spacial score (nSPS) is 15.8. The Morgan fingerprint density at radius 1 is 0.880 bits per heavy atom. The van der Waals surface area contributed by atoms with E-state index in [4.69, 9.17) is 4.98 Å². The van der Waals surface area contributed by atoms with Crippen LogP contribution in [0.15, 0.2) is 54.7 Å². The molecule has 0 saturated heterocycles. The van der Waals surface area contributed by atoms with Crippen LogP contribution in [0.5, 0.6) is 0 Å². The van der Waals surface area contributed by atoms with E-state index in [9.17, 15) is 0 Å². The van der Waals surface area contributed by atoms with Gasteiger partial charge in [-0.05, 0) is 52.4 Å². The zero-order valence-electron chi connectivity index (χ0n) is 15.5. The number of benzene rings is 2. The monoisotopic (exact) mass is 345 g/mol. The minimum atomic E-state index is -1.38. The van der Waals surface area contributed by atoms with Crippen LogP contribution in [0.3, 0.4) is 0 Å². The van der Waals surface area contributed by atoms with Crippen LogP contribution in [-0.2, 0) is 0 Å². The van der Waals surface area contributed by atoms with Gasteiger partial charge in [-0.15, -0.1) is 0 Å². The summed E-state index contributed by atoms with van der Waals surface area (Å²) >= 11 is 0. The molecule has 0 unspecified atom stereocenters. The molecule has 4 rings (SSSR count). The molecule has 1 heterocycles. The topological polar surface area (TPSA) is 12.9 Å². The van der Waals surface area contributed by atoms with Crippen LogP contribution in [0.1, 0.15) is 37.2 Å². The summed E-state index contributed by atoms with van der Waals surface area (Å²) in [6, 6.07) is 17.7. The predicted molar refractivity (Wildman–Crippen MR) is 111 cm³/mol. The van der Waals surface area contributed by atoms with Crippen LogP contribution in [0.2, 0.25) is 19.6 Å². The minimum absolute atomic E-state index is 0.740. The molecular formula is C23H27NSi. The lowest BCUT2D eigenvalue weighted by Gasteiger charge is -2.24. The Hall–Kier alpha value is -1.93. The number of fused-ring (bicyclic) bond motifs is 1. The highest BCUT2D eigenvalue weighted by Crippen LogP contribution is 2.35. The fraction of sp³-hybridized carbons (Fsp3) is 0.348. The van der Waals surface area contributed by atoms with Gasteiger partial charge in [0.15, 0.2) is 0 Å². The van der Waals surface area contributed by atoms with Crippen LogP contribution >= 0.6 is 0 Å². The third kappa shape index (κ3) is 3.28. The van der Waals surface area contributed by atoms with E-state index in [1.165, 1.54) is 42.0 Å². The van der Waals surface area contributed by atoms with Crippen molar-refractivity contribution in [1.82, 2.24) is 4.98 Å². The fourth-order valence-corrected chi connectivity index (χ4v) is 5.77. The first-order chi connectivity index (χ1) is 12.0. The Morgan fingerprint density at radius 2 is 1.60 bits per heavy atom. The number of nitrogens with zero attached hydrogens (tertiary/aromatic N) is 1. The van der Waals surface area contributed by atoms with E-state index < -0.39 is 8.07 Å². The molecule has 2 aromatic carbocycles. The molecule has 1 nitrogen and oxygen atoms in total. The second kappa shape index (κ2) is 6.42. The van der Waals surface area contributed by atoms with E-state index in [1.54, 1.807) is 10.8 Å². The van der Waals surface area contributed by atoms with Gasteiger partial charge in [0.2, 0.25) is 0 Å². The highest BCUT2D eigenvalue weighted by Gasteiger charge is 2.27. The third-order valence-corrected chi connectivity index (χ3v) is 7.62. The lowest BCUT2D eigenvalue weighted by molar-refractivity contribution is 0.726. The molecule has 1 aliphatic carbocycles. The Labute approximate surface area is 152 Å². The number of hydrogen-bond donors (Lipinski definition) is 0. The van der Waals surface area contributed by atoms with Crippen molar-refractivity contribution in [3.05, 3.63) is 60.3 Å². The molecule has 1 fully saturated rings. The molecule has 0 amide bonds. The molecule has 0 bridgehead atoms. The molecule has 25 heavy (non-hydrogen) atoms. The maximum atomic E-state index is 4.89. The molecule has 1 aromatic heterocycles. The second-order valence-electron chi connectivity index (χ2n) is 8.45. The van der Waals surface area contributed by atoms with E-state index >= 15 is 0 Å². The quantitative estimate of drug-likeness (QED) is 0.522. The highest BCUT2D eigenvalue weighted by molar-refractivity contribution is 6.89. The molecule has 3 aromatic rings. The molecule has 0 spiro atoms. The Bertz CT molecular complexity index is 901. The van der Waals surface area contributed by atoms with Crippen molar-refractivity contribution in [2.75, 3.05) is 0 Å². The van der Waals surface area contributed by atoms with E-state index in [0.717, 1.165) is 11.6 Å². The first-order valence-corrected chi connectivity index (χ1v) is 13.0. The Kier molecular flexibility index (Phi) is 4.24. The standard InChI is InChI=1S/C23H27NSi/c1-25(2,3)23-16-24-22(15-21(23)18-9-5-6-10-18)20-13-12-17-8-4-7-11-19(17)14-20/h4,7-8,11-16,18H,5-6,9-10H2,1-3H3. The van der Waals surface area contributed by atoms with Gasteiger partial charge in [0, 0.05) is 11.8 Å². The lowest BCUT2D eigenvalue weighted by atomic mass is 9.96. The summed E-state index contributed by atoms with van der Waals surface area (Å²) in [5.41, 5.74) is 3.96. The van der Waals surface area contributed by atoms with Crippen LogP contribution < -0.4 is 5.19 Å². The van der Waals surface area contributed by atoms with Gasteiger partial charge >= 0.3 is 0 Å². The summed E-state index contributed by atoms with van der Waals surface area (Å²) in [4.78, 5) is 4.89. The molecular weight excluding hydrogens is 318 g/mol. The SMILES string of the molecule is C[Si](C)(C)c1cnc(-c2ccc3ccccc3c2)cc1C1CCCC1. The van der Waals surface area contributed by atoms with Crippen LogP contribution in [0.25, 0.3) is 22.0 Å². The predicted octanol–water partition coefficient (Wildman–Crippen LogP) is 6.10. The smallest absolute Gasteiger partial charge is 0.0799 e. The molecule has 0 aliphatic heterocycles. The summed E-state index contributed by atoms with van der Waals surface area (Å²) in [5, 5.41) is 4.14. The van der Waals surface area contributed by atoms with Gasteiger partial charge in [-0.2, -0.15) is 0 Å². The summed E-state index contributed by atoms with van der Waals surface area (Å²) in [6.07, 6.45) is 7.65.